The molecule has 1 aliphatic carbocycles. The SMILES string of the molecule is CN(Cc1ccc(Br)s1)C(=O)CCN1C(=O)NC2(CCCC2)C1=O. The van der Waals surface area contributed by atoms with E-state index in [0.717, 1.165) is 21.5 Å². The second kappa shape index (κ2) is 6.84. The summed E-state index contributed by atoms with van der Waals surface area (Å²) in [6.07, 6.45) is 3.47. The maximum Gasteiger partial charge on any atom is 0.325 e. The number of rotatable bonds is 5. The third kappa shape index (κ3) is 3.35. The predicted molar refractivity (Wildman–Crippen MR) is 94.6 cm³/mol. The van der Waals surface area contributed by atoms with Gasteiger partial charge in [0.25, 0.3) is 5.91 Å². The van der Waals surface area contributed by atoms with Gasteiger partial charge in [-0.15, -0.1) is 11.3 Å². The number of halogens is 1. The lowest BCUT2D eigenvalue weighted by Gasteiger charge is -2.21. The van der Waals surface area contributed by atoms with E-state index in [1.54, 1.807) is 23.3 Å². The molecule has 0 unspecified atom stereocenters. The van der Waals surface area contributed by atoms with Crippen molar-refractivity contribution in [1.82, 2.24) is 15.1 Å². The fourth-order valence-corrected chi connectivity index (χ4v) is 4.89. The van der Waals surface area contributed by atoms with Crippen molar-refractivity contribution in [3.05, 3.63) is 20.8 Å². The summed E-state index contributed by atoms with van der Waals surface area (Å²) in [4.78, 5) is 40.8. The Balaban J connectivity index is 1.54. The Morgan fingerprint density at radius 3 is 2.71 bits per heavy atom. The smallest absolute Gasteiger partial charge is 0.325 e. The van der Waals surface area contributed by atoms with Gasteiger partial charge in [0, 0.05) is 24.9 Å². The second-order valence-corrected chi connectivity index (χ2v) is 8.93. The number of imide groups is 1. The van der Waals surface area contributed by atoms with Crippen LogP contribution in [0.25, 0.3) is 0 Å². The molecular weight excluding hydrogens is 394 g/mol. The van der Waals surface area contributed by atoms with Crippen LogP contribution in [0.3, 0.4) is 0 Å². The summed E-state index contributed by atoms with van der Waals surface area (Å²) in [6.45, 7) is 0.670. The Kier molecular flexibility index (Phi) is 4.96. The maximum atomic E-state index is 12.5. The average Bonchev–Trinajstić information content (AvgIpc) is 3.21. The molecule has 2 aliphatic rings. The van der Waals surface area contributed by atoms with E-state index in [1.807, 2.05) is 12.1 Å². The van der Waals surface area contributed by atoms with E-state index in [1.165, 1.54) is 4.90 Å². The molecule has 1 saturated carbocycles. The number of carbonyl (C=O) groups excluding carboxylic acids is 3. The quantitative estimate of drug-likeness (QED) is 0.754. The molecule has 0 bridgehead atoms. The molecular formula is C16H20BrN3O3S. The fourth-order valence-electron chi connectivity index (χ4n) is 3.35. The zero-order valence-electron chi connectivity index (χ0n) is 13.5. The molecule has 1 spiro atoms. The van der Waals surface area contributed by atoms with Crippen LogP contribution >= 0.6 is 27.3 Å². The van der Waals surface area contributed by atoms with Crippen LogP contribution in [0.1, 0.15) is 37.0 Å². The van der Waals surface area contributed by atoms with Crippen molar-refractivity contribution in [1.29, 1.82) is 0 Å². The lowest BCUT2D eigenvalue weighted by molar-refractivity contribution is -0.133. The fraction of sp³-hybridized carbons (Fsp3) is 0.562. The Labute approximate surface area is 153 Å². The molecule has 2 heterocycles. The minimum Gasteiger partial charge on any atom is -0.341 e. The standard InChI is InChI=1S/C16H20BrN3O3S/c1-19(10-11-4-5-12(17)24-11)13(21)6-9-20-14(22)16(18-15(20)23)7-2-3-8-16/h4-5H,2-3,6-10H2,1H3,(H,18,23). The summed E-state index contributed by atoms with van der Waals surface area (Å²) in [5.41, 5.74) is -0.699. The second-order valence-electron chi connectivity index (χ2n) is 6.38. The number of nitrogens with one attached hydrogen (secondary N) is 1. The molecule has 1 aliphatic heterocycles. The molecule has 0 aromatic carbocycles. The summed E-state index contributed by atoms with van der Waals surface area (Å²) in [6, 6.07) is 3.56. The first-order valence-corrected chi connectivity index (χ1v) is 9.64. The topological polar surface area (TPSA) is 69.7 Å². The molecule has 130 valence electrons. The molecule has 8 heteroatoms. The monoisotopic (exact) mass is 413 g/mol. The van der Waals surface area contributed by atoms with Crippen molar-refractivity contribution in [3.63, 3.8) is 0 Å². The Hall–Kier alpha value is -1.41. The van der Waals surface area contributed by atoms with Crippen LogP contribution in [0.15, 0.2) is 15.9 Å². The first-order chi connectivity index (χ1) is 11.4. The number of urea groups is 1. The van der Waals surface area contributed by atoms with Gasteiger partial charge in [0.2, 0.25) is 5.91 Å². The van der Waals surface area contributed by atoms with E-state index in [9.17, 15) is 14.4 Å². The van der Waals surface area contributed by atoms with Crippen LogP contribution in [0.4, 0.5) is 4.79 Å². The lowest BCUT2D eigenvalue weighted by Crippen LogP contribution is -2.44. The van der Waals surface area contributed by atoms with Gasteiger partial charge < -0.3 is 10.2 Å². The summed E-state index contributed by atoms with van der Waals surface area (Å²) in [5, 5.41) is 2.83. The number of thiophene rings is 1. The van der Waals surface area contributed by atoms with Crippen LogP contribution in [0.2, 0.25) is 0 Å². The minimum atomic E-state index is -0.699. The molecule has 1 saturated heterocycles. The summed E-state index contributed by atoms with van der Waals surface area (Å²) >= 11 is 4.99. The molecule has 0 atom stereocenters. The van der Waals surface area contributed by atoms with E-state index in [2.05, 4.69) is 21.2 Å². The van der Waals surface area contributed by atoms with Gasteiger partial charge in [0.1, 0.15) is 5.54 Å². The first kappa shape index (κ1) is 17.4. The molecule has 1 aromatic rings. The number of carbonyl (C=O) groups is 3. The maximum absolute atomic E-state index is 12.5. The van der Waals surface area contributed by atoms with E-state index < -0.39 is 5.54 Å². The number of nitrogens with zero attached hydrogens (tertiary/aromatic N) is 2. The van der Waals surface area contributed by atoms with Crippen molar-refractivity contribution < 1.29 is 14.4 Å². The molecule has 24 heavy (non-hydrogen) atoms. The molecule has 4 amide bonds. The van der Waals surface area contributed by atoms with Gasteiger partial charge in [0.05, 0.1) is 10.3 Å². The molecule has 1 N–H and O–H groups in total. The largest absolute Gasteiger partial charge is 0.341 e. The van der Waals surface area contributed by atoms with E-state index in [0.29, 0.717) is 19.4 Å². The van der Waals surface area contributed by atoms with Crippen LogP contribution < -0.4 is 5.32 Å². The highest BCUT2D eigenvalue weighted by Crippen LogP contribution is 2.35. The van der Waals surface area contributed by atoms with Gasteiger partial charge in [-0.25, -0.2) is 4.79 Å². The number of amides is 4. The molecule has 6 nitrogen and oxygen atoms in total. The summed E-state index contributed by atoms with van der Waals surface area (Å²) < 4.78 is 1.03. The number of hydrogen-bond donors (Lipinski definition) is 1. The molecule has 3 rings (SSSR count). The Morgan fingerprint density at radius 1 is 1.38 bits per heavy atom. The van der Waals surface area contributed by atoms with Gasteiger partial charge in [-0.2, -0.15) is 0 Å². The molecule has 1 aromatic heterocycles. The van der Waals surface area contributed by atoms with Crippen LogP contribution in [-0.4, -0.2) is 46.8 Å². The average molecular weight is 414 g/mol. The van der Waals surface area contributed by atoms with E-state index >= 15 is 0 Å². The van der Waals surface area contributed by atoms with Crippen molar-refractivity contribution in [2.75, 3.05) is 13.6 Å². The summed E-state index contributed by atoms with van der Waals surface area (Å²) in [5.74, 6) is -0.241. The van der Waals surface area contributed by atoms with Crippen LogP contribution in [0, 0.1) is 0 Å². The molecule has 2 fully saturated rings. The third-order valence-electron chi connectivity index (χ3n) is 4.70. The zero-order valence-corrected chi connectivity index (χ0v) is 15.9. The summed E-state index contributed by atoms with van der Waals surface area (Å²) in [7, 11) is 1.74. The highest BCUT2D eigenvalue weighted by Gasteiger charge is 2.52. The van der Waals surface area contributed by atoms with Crippen molar-refractivity contribution >= 4 is 45.1 Å². The molecule has 0 radical (unpaired) electrons. The predicted octanol–water partition coefficient (Wildman–Crippen LogP) is 2.72. The Bertz CT molecular complexity index is 669. The van der Waals surface area contributed by atoms with Crippen molar-refractivity contribution in [2.24, 2.45) is 0 Å². The zero-order chi connectivity index (χ0) is 17.3. The first-order valence-electron chi connectivity index (χ1n) is 8.03. The van der Waals surface area contributed by atoms with Gasteiger partial charge in [0.15, 0.2) is 0 Å². The van der Waals surface area contributed by atoms with Crippen molar-refractivity contribution in [2.45, 2.75) is 44.2 Å². The van der Waals surface area contributed by atoms with Gasteiger partial charge in [-0.05, 0) is 40.9 Å². The highest BCUT2D eigenvalue weighted by molar-refractivity contribution is 9.11. The normalized spacial score (nSPS) is 19.2. The van der Waals surface area contributed by atoms with Crippen LogP contribution in [0.5, 0.6) is 0 Å². The van der Waals surface area contributed by atoms with E-state index in [4.69, 9.17) is 0 Å². The van der Waals surface area contributed by atoms with Crippen molar-refractivity contribution in [3.8, 4) is 0 Å². The number of hydrogen-bond acceptors (Lipinski definition) is 4. The Morgan fingerprint density at radius 2 is 2.08 bits per heavy atom. The van der Waals surface area contributed by atoms with Gasteiger partial charge >= 0.3 is 6.03 Å². The third-order valence-corrected chi connectivity index (χ3v) is 6.31. The van der Waals surface area contributed by atoms with Crippen LogP contribution in [-0.2, 0) is 16.1 Å². The van der Waals surface area contributed by atoms with E-state index in [-0.39, 0.29) is 30.8 Å². The van der Waals surface area contributed by atoms with Gasteiger partial charge in [-0.1, -0.05) is 12.8 Å². The minimum absolute atomic E-state index is 0.0764. The highest BCUT2D eigenvalue weighted by atomic mass is 79.9. The van der Waals surface area contributed by atoms with Gasteiger partial charge in [-0.3, -0.25) is 14.5 Å². The lowest BCUT2D eigenvalue weighted by atomic mass is 9.98.